The Balaban J connectivity index is 2.56. The van der Waals surface area contributed by atoms with Crippen molar-refractivity contribution in [2.45, 2.75) is 57.9 Å². The van der Waals surface area contributed by atoms with Gasteiger partial charge in [0.05, 0.1) is 4.90 Å². The van der Waals surface area contributed by atoms with Gasteiger partial charge in [-0.05, 0) is 44.4 Å². The van der Waals surface area contributed by atoms with Crippen LogP contribution in [-0.2, 0) is 14.8 Å². The van der Waals surface area contributed by atoms with Gasteiger partial charge in [-0.3, -0.25) is 4.79 Å². The lowest BCUT2D eigenvalue weighted by Crippen LogP contribution is -2.35. The second-order valence-electron chi connectivity index (χ2n) is 5.67. The van der Waals surface area contributed by atoms with Gasteiger partial charge >= 0.3 is 0 Å². The summed E-state index contributed by atoms with van der Waals surface area (Å²) < 4.78 is 27.0. The summed E-state index contributed by atoms with van der Waals surface area (Å²) in [6, 6.07) is 5.41. The molecule has 0 fully saturated rings. The van der Waals surface area contributed by atoms with E-state index in [2.05, 4.69) is 17.0 Å². The van der Waals surface area contributed by atoms with Crippen molar-refractivity contribution >= 4 is 15.9 Å². The predicted molar refractivity (Wildman–Crippen MR) is 88.2 cm³/mol. The molecule has 0 aliphatic heterocycles. The molecule has 1 atom stereocenters. The molecule has 1 rings (SSSR count). The van der Waals surface area contributed by atoms with Crippen LogP contribution in [0.1, 0.15) is 44.2 Å². The van der Waals surface area contributed by atoms with Crippen LogP contribution >= 0.6 is 0 Å². The Bertz CT molecular complexity index is 612. The van der Waals surface area contributed by atoms with Gasteiger partial charge in [0.2, 0.25) is 15.9 Å². The molecule has 0 heterocycles. The number of carbonyl (C=O) groups excluding carboxylic acids is 1. The molecule has 6 heteroatoms. The van der Waals surface area contributed by atoms with Crippen LogP contribution in [0.2, 0.25) is 0 Å². The van der Waals surface area contributed by atoms with Gasteiger partial charge in [0, 0.05) is 19.0 Å². The quantitative estimate of drug-likeness (QED) is 0.769. The largest absolute Gasteiger partial charge is 0.354 e. The average molecular weight is 326 g/mol. The molecule has 1 amide bonds. The van der Waals surface area contributed by atoms with Gasteiger partial charge in [-0.2, -0.15) is 0 Å². The molecule has 1 aromatic carbocycles. The highest BCUT2D eigenvalue weighted by molar-refractivity contribution is 7.89. The second kappa shape index (κ2) is 8.29. The van der Waals surface area contributed by atoms with Gasteiger partial charge < -0.3 is 5.32 Å². The number of carbonyl (C=O) groups is 1. The lowest BCUT2D eigenvalue weighted by molar-refractivity contribution is -0.121. The number of nitrogens with one attached hydrogen (secondary N) is 2. The number of aryl methyl sites for hydroxylation is 2. The summed E-state index contributed by atoms with van der Waals surface area (Å²) in [6.45, 7) is 7.71. The minimum atomic E-state index is -3.58. The lowest BCUT2D eigenvalue weighted by Gasteiger charge is -2.13. The summed E-state index contributed by atoms with van der Waals surface area (Å²) in [4.78, 5) is 12.0. The van der Waals surface area contributed by atoms with Crippen molar-refractivity contribution in [3.05, 3.63) is 29.3 Å². The van der Waals surface area contributed by atoms with Crippen molar-refractivity contribution in [1.29, 1.82) is 0 Å². The summed E-state index contributed by atoms with van der Waals surface area (Å²) >= 11 is 0. The fraction of sp³-hybridized carbons (Fsp3) is 0.562. The van der Waals surface area contributed by atoms with E-state index in [1.54, 1.807) is 19.1 Å². The SMILES string of the molecule is CCCC(C)NC(=O)CCNS(=O)(=O)c1cc(C)ccc1C. The van der Waals surface area contributed by atoms with Crippen molar-refractivity contribution in [3.8, 4) is 0 Å². The van der Waals surface area contributed by atoms with E-state index in [4.69, 9.17) is 0 Å². The standard InChI is InChI=1S/C16H26N2O3S/c1-5-6-14(4)18-16(19)9-10-17-22(20,21)15-11-12(2)7-8-13(15)3/h7-8,11,14,17H,5-6,9-10H2,1-4H3,(H,18,19). The van der Waals surface area contributed by atoms with E-state index >= 15 is 0 Å². The highest BCUT2D eigenvalue weighted by Crippen LogP contribution is 2.16. The van der Waals surface area contributed by atoms with E-state index in [9.17, 15) is 13.2 Å². The fourth-order valence-electron chi connectivity index (χ4n) is 2.23. The van der Waals surface area contributed by atoms with E-state index in [1.165, 1.54) is 0 Å². The summed E-state index contributed by atoms with van der Waals surface area (Å²) in [7, 11) is -3.58. The third kappa shape index (κ3) is 5.77. The number of sulfonamides is 1. The van der Waals surface area contributed by atoms with Gasteiger partial charge in [0.25, 0.3) is 0 Å². The maximum absolute atomic E-state index is 12.3. The van der Waals surface area contributed by atoms with E-state index in [0.29, 0.717) is 5.56 Å². The number of rotatable bonds is 8. The maximum atomic E-state index is 12.3. The van der Waals surface area contributed by atoms with Gasteiger partial charge in [0.15, 0.2) is 0 Å². The molecule has 0 bridgehead atoms. The molecule has 0 aliphatic carbocycles. The van der Waals surface area contributed by atoms with Crippen LogP contribution in [0.5, 0.6) is 0 Å². The molecule has 22 heavy (non-hydrogen) atoms. The number of benzene rings is 1. The number of hydrogen-bond acceptors (Lipinski definition) is 3. The third-order valence-electron chi connectivity index (χ3n) is 3.41. The summed E-state index contributed by atoms with van der Waals surface area (Å²) in [6.07, 6.45) is 2.05. The monoisotopic (exact) mass is 326 g/mol. The van der Waals surface area contributed by atoms with Crippen molar-refractivity contribution in [3.63, 3.8) is 0 Å². The highest BCUT2D eigenvalue weighted by atomic mass is 32.2. The number of hydrogen-bond donors (Lipinski definition) is 2. The maximum Gasteiger partial charge on any atom is 0.240 e. The second-order valence-corrected chi connectivity index (χ2v) is 7.41. The first-order chi connectivity index (χ1) is 10.3. The molecule has 0 spiro atoms. The normalized spacial score (nSPS) is 12.9. The van der Waals surface area contributed by atoms with Crippen LogP contribution in [0.3, 0.4) is 0 Å². The van der Waals surface area contributed by atoms with Crippen LogP contribution in [0, 0.1) is 13.8 Å². The van der Waals surface area contributed by atoms with Gasteiger partial charge in [-0.25, -0.2) is 13.1 Å². The van der Waals surface area contributed by atoms with Crippen molar-refractivity contribution in [2.75, 3.05) is 6.54 Å². The molecule has 1 unspecified atom stereocenters. The molecule has 0 saturated carbocycles. The molecular formula is C16H26N2O3S. The zero-order valence-electron chi connectivity index (χ0n) is 13.8. The minimum absolute atomic E-state index is 0.0976. The van der Waals surface area contributed by atoms with Crippen molar-refractivity contribution in [2.24, 2.45) is 0 Å². The highest BCUT2D eigenvalue weighted by Gasteiger charge is 2.17. The molecule has 0 saturated heterocycles. The van der Waals surface area contributed by atoms with Crippen LogP contribution in [0.15, 0.2) is 23.1 Å². The summed E-state index contributed by atoms with van der Waals surface area (Å²) in [5.41, 5.74) is 1.58. The molecule has 1 aromatic rings. The zero-order chi connectivity index (χ0) is 16.8. The molecule has 0 radical (unpaired) electrons. The zero-order valence-corrected chi connectivity index (χ0v) is 14.6. The topological polar surface area (TPSA) is 75.3 Å². The molecule has 0 aliphatic rings. The average Bonchev–Trinajstić information content (AvgIpc) is 2.41. The first-order valence-corrected chi connectivity index (χ1v) is 9.11. The Hall–Kier alpha value is -1.40. The molecule has 5 nitrogen and oxygen atoms in total. The number of amides is 1. The summed E-state index contributed by atoms with van der Waals surface area (Å²) in [5, 5.41) is 2.85. The van der Waals surface area contributed by atoms with E-state index in [0.717, 1.165) is 18.4 Å². The van der Waals surface area contributed by atoms with Crippen LogP contribution in [-0.4, -0.2) is 26.9 Å². The van der Waals surface area contributed by atoms with E-state index in [-0.39, 0.29) is 29.8 Å². The molecule has 0 aromatic heterocycles. The van der Waals surface area contributed by atoms with Gasteiger partial charge in [-0.15, -0.1) is 0 Å². The Morgan fingerprint density at radius 2 is 1.95 bits per heavy atom. The first-order valence-electron chi connectivity index (χ1n) is 7.62. The first kappa shape index (κ1) is 18.6. The van der Waals surface area contributed by atoms with Crippen molar-refractivity contribution < 1.29 is 13.2 Å². The summed E-state index contributed by atoms with van der Waals surface area (Å²) in [5.74, 6) is -0.135. The van der Waals surface area contributed by atoms with Gasteiger partial charge in [0.1, 0.15) is 0 Å². The van der Waals surface area contributed by atoms with E-state index < -0.39 is 10.0 Å². The van der Waals surface area contributed by atoms with Crippen LogP contribution in [0.25, 0.3) is 0 Å². The molecular weight excluding hydrogens is 300 g/mol. The van der Waals surface area contributed by atoms with E-state index in [1.807, 2.05) is 19.9 Å². The minimum Gasteiger partial charge on any atom is -0.354 e. The van der Waals surface area contributed by atoms with Gasteiger partial charge in [-0.1, -0.05) is 25.5 Å². The molecule has 124 valence electrons. The lowest BCUT2D eigenvalue weighted by atomic mass is 10.2. The Morgan fingerprint density at radius 1 is 1.27 bits per heavy atom. The van der Waals surface area contributed by atoms with Crippen LogP contribution < -0.4 is 10.0 Å². The van der Waals surface area contributed by atoms with Crippen LogP contribution in [0.4, 0.5) is 0 Å². The third-order valence-corrected chi connectivity index (χ3v) is 5.01. The fourth-order valence-corrected chi connectivity index (χ4v) is 3.58. The Kier molecular flexibility index (Phi) is 7.03. The predicted octanol–water partition coefficient (Wildman–Crippen LogP) is 2.28. The Labute approximate surface area is 133 Å². The Morgan fingerprint density at radius 3 is 2.59 bits per heavy atom. The molecule has 2 N–H and O–H groups in total. The smallest absolute Gasteiger partial charge is 0.240 e. The van der Waals surface area contributed by atoms with Crippen molar-refractivity contribution in [1.82, 2.24) is 10.0 Å².